The zero-order valence-electron chi connectivity index (χ0n) is 7.27. The molecule has 0 nitrogen and oxygen atoms in total. The minimum Gasteiger partial charge on any atom is -0.166 e. The fraction of sp³-hybridized carbons (Fsp3) is 0.200. The minimum absolute atomic E-state index is 0.597. The van der Waals surface area contributed by atoms with Gasteiger partial charge in [-0.05, 0) is 24.4 Å². The Morgan fingerprint density at radius 3 is 2.64 bits per heavy atom. The molecule has 0 spiro atoms. The monoisotopic (exact) mass is 215 g/mol. The third-order valence-corrected chi connectivity index (χ3v) is 2.89. The van der Waals surface area contributed by atoms with Crippen LogP contribution >= 0.6 is 11.3 Å². The van der Waals surface area contributed by atoms with E-state index in [0.717, 1.165) is 16.3 Å². The van der Waals surface area contributed by atoms with Crippen molar-refractivity contribution in [2.45, 2.75) is 13.1 Å². The van der Waals surface area contributed by atoms with Gasteiger partial charge in [0.05, 0.1) is 10.9 Å². The van der Waals surface area contributed by atoms with Gasteiger partial charge < -0.3 is 0 Å². The molecule has 0 saturated heterocycles. The lowest BCUT2D eigenvalue weighted by Gasteiger charge is -2.06. The van der Waals surface area contributed by atoms with Gasteiger partial charge in [0.1, 0.15) is 0 Å². The van der Waals surface area contributed by atoms with Gasteiger partial charge in [0.15, 0.2) is 0 Å². The van der Waals surface area contributed by atoms with Crippen molar-refractivity contribution in [2.24, 2.45) is 0 Å². The molecule has 4 heteroatoms. The fourth-order valence-corrected chi connectivity index (χ4v) is 2.01. The molecule has 0 unspecified atom stereocenters. The summed E-state index contributed by atoms with van der Waals surface area (Å²) in [6.07, 6.45) is -4.26. The molecule has 0 aliphatic carbocycles. The van der Waals surface area contributed by atoms with Gasteiger partial charge in [0.2, 0.25) is 0 Å². The Morgan fingerprint density at radius 2 is 2.00 bits per heavy atom. The number of halogens is 3. The van der Waals surface area contributed by atoms with Crippen molar-refractivity contribution in [2.75, 3.05) is 0 Å². The first-order valence-electron chi connectivity index (χ1n) is 3.96. The van der Waals surface area contributed by atoms with E-state index in [1.165, 1.54) is 23.5 Å². The SMILES string of the molecule is Cc1s[c]c2ccc(C(F)(F)F)cc12. The summed E-state index contributed by atoms with van der Waals surface area (Å²) in [5.74, 6) is 0. The molecule has 1 radical (unpaired) electrons. The van der Waals surface area contributed by atoms with Gasteiger partial charge in [0.25, 0.3) is 0 Å². The van der Waals surface area contributed by atoms with Crippen LogP contribution in [0.1, 0.15) is 10.4 Å². The van der Waals surface area contributed by atoms with E-state index in [-0.39, 0.29) is 0 Å². The van der Waals surface area contributed by atoms with Gasteiger partial charge in [-0.1, -0.05) is 6.07 Å². The summed E-state index contributed by atoms with van der Waals surface area (Å²) >= 11 is 1.34. The average Bonchev–Trinajstić information content (AvgIpc) is 2.46. The molecule has 0 fully saturated rings. The van der Waals surface area contributed by atoms with Crippen molar-refractivity contribution in [1.29, 1.82) is 0 Å². The van der Waals surface area contributed by atoms with Crippen molar-refractivity contribution < 1.29 is 13.2 Å². The summed E-state index contributed by atoms with van der Waals surface area (Å²) in [5, 5.41) is 4.33. The maximum absolute atomic E-state index is 12.3. The molecule has 1 aromatic carbocycles. The lowest BCUT2D eigenvalue weighted by atomic mass is 10.1. The number of benzene rings is 1. The van der Waals surface area contributed by atoms with E-state index < -0.39 is 11.7 Å². The van der Waals surface area contributed by atoms with Crippen LogP contribution in [0, 0.1) is 12.3 Å². The third kappa shape index (κ3) is 1.50. The highest BCUT2D eigenvalue weighted by molar-refractivity contribution is 7.11. The maximum Gasteiger partial charge on any atom is 0.416 e. The second-order valence-electron chi connectivity index (χ2n) is 3.02. The zero-order valence-corrected chi connectivity index (χ0v) is 8.09. The van der Waals surface area contributed by atoms with Crippen LogP contribution in [0.15, 0.2) is 18.2 Å². The Labute approximate surface area is 83.0 Å². The van der Waals surface area contributed by atoms with Crippen LogP contribution in [0.5, 0.6) is 0 Å². The smallest absolute Gasteiger partial charge is 0.166 e. The lowest BCUT2D eigenvalue weighted by Crippen LogP contribution is -2.03. The van der Waals surface area contributed by atoms with Gasteiger partial charge in [-0.15, -0.1) is 11.3 Å². The van der Waals surface area contributed by atoms with Crippen molar-refractivity contribution in [3.8, 4) is 0 Å². The zero-order chi connectivity index (χ0) is 10.3. The standard InChI is InChI=1S/C10H6F3S/c1-6-9-4-8(10(11,12)13)3-2-7(9)5-14-6/h2-4H,1H3. The summed E-state index contributed by atoms with van der Waals surface area (Å²) in [6, 6.07) is 3.73. The van der Waals surface area contributed by atoms with Crippen LogP contribution in [0.2, 0.25) is 0 Å². The second-order valence-corrected chi connectivity index (χ2v) is 4.04. The first-order valence-corrected chi connectivity index (χ1v) is 4.78. The molecule has 0 aliphatic rings. The van der Waals surface area contributed by atoms with Crippen molar-refractivity contribution in [3.63, 3.8) is 0 Å². The molecule has 0 aliphatic heterocycles. The van der Waals surface area contributed by atoms with Crippen LogP contribution in [0.25, 0.3) is 10.8 Å². The van der Waals surface area contributed by atoms with E-state index in [1.807, 2.05) is 0 Å². The summed E-state index contributed by atoms with van der Waals surface area (Å²) < 4.78 is 37.0. The number of hydrogen-bond donors (Lipinski definition) is 0. The highest BCUT2D eigenvalue weighted by Gasteiger charge is 2.30. The number of alkyl halides is 3. The topological polar surface area (TPSA) is 0 Å². The summed E-state index contributed by atoms with van der Waals surface area (Å²) in [4.78, 5) is 0.867. The first kappa shape index (κ1) is 9.52. The molecule has 0 atom stereocenters. The highest BCUT2D eigenvalue weighted by Crippen LogP contribution is 2.33. The molecule has 1 heterocycles. The highest BCUT2D eigenvalue weighted by atomic mass is 32.1. The second kappa shape index (κ2) is 2.98. The van der Waals surface area contributed by atoms with Crippen LogP contribution in [-0.2, 0) is 6.18 Å². The average molecular weight is 215 g/mol. The maximum atomic E-state index is 12.3. The van der Waals surface area contributed by atoms with E-state index in [2.05, 4.69) is 5.38 Å². The number of thiophene rings is 1. The van der Waals surface area contributed by atoms with Crippen LogP contribution in [-0.4, -0.2) is 0 Å². The molecule has 0 saturated carbocycles. The van der Waals surface area contributed by atoms with Crippen molar-refractivity contribution in [3.05, 3.63) is 34.0 Å². The van der Waals surface area contributed by atoms with Gasteiger partial charge in [0, 0.05) is 10.3 Å². The van der Waals surface area contributed by atoms with Gasteiger partial charge in [-0.3, -0.25) is 0 Å². The Morgan fingerprint density at radius 1 is 1.29 bits per heavy atom. The number of hydrogen-bond acceptors (Lipinski definition) is 1. The molecule has 14 heavy (non-hydrogen) atoms. The molecule has 1 aromatic heterocycles. The number of rotatable bonds is 0. The van der Waals surface area contributed by atoms with E-state index in [4.69, 9.17) is 0 Å². The summed E-state index contributed by atoms with van der Waals surface area (Å²) in [7, 11) is 0. The largest absolute Gasteiger partial charge is 0.416 e. The van der Waals surface area contributed by atoms with Gasteiger partial charge >= 0.3 is 6.18 Å². The summed E-state index contributed by atoms with van der Waals surface area (Å²) in [6.45, 7) is 1.80. The molecular formula is C10H6F3S. The van der Waals surface area contributed by atoms with Gasteiger partial charge in [-0.2, -0.15) is 13.2 Å². The summed E-state index contributed by atoms with van der Waals surface area (Å²) in [5.41, 5.74) is -0.597. The number of aryl methyl sites for hydroxylation is 1. The molecule has 2 aromatic rings. The quantitative estimate of drug-likeness (QED) is 0.622. The fourth-order valence-electron chi connectivity index (χ4n) is 1.29. The Kier molecular flexibility index (Phi) is 2.03. The molecule has 0 amide bonds. The van der Waals surface area contributed by atoms with E-state index in [1.54, 1.807) is 6.92 Å². The molecule has 0 bridgehead atoms. The Bertz CT molecular complexity index is 468. The van der Waals surface area contributed by atoms with E-state index >= 15 is 0 Å². The van der Waals surface area contributed by atoms with Crippen molar-refractivity contribution >= 4 is 22.1 Å². The normalized spacial score (nSPS) is 12.3. The van der Waals surface area contributed by atoms with Crippen molar-refractivity contribution in [1.82, 2.24) is 0 Å². The van der Waals surface area contributed by atoms with Crippen LogP contribution in [0.3, 0.4) is 0 Å². The predicted molar refractivity (Wildman–Crippen MR) is 50.4 cm³/mol. The lowest BCUT2D eigenvalue weighted by molar-refractivity contribution is -0.137. The minimum atomic E-state index is -4.26. The van der Waals surface area contributed by atoms with E-state index in [0.29, 0.717) is 5.39 Å². The van der Waals surface area contributed by atoms with E-state index in [9.17, 15) is 13.2 Å². The Hall–Kier alpha value is -1.03. The molecule has 2 rings (SSSR count). The van der Waals surface area contributed by atoms with Crippen LogP contribution < -0.4 is 0 Å². The molecular weight excluding hydrogens is 209 g/mol. The van der Waals surface area contributed by atoms with Crippen LogP contribution in [0.4, 0.5) is 13.2 Å². The third-order valence-electron chi connectivity index (χ3n) is 2.04. The molecule has 73 valence electrons. The number of fused-ring (bicyclic) bond motifs is 1. The first-order chi connectivity index (χ1) is 6.48. The predicted octanol–water partition coefficient (Wildman–Crippen LogP) is 4.03. The Balaban J connectivity index is 2.66. The molecule has 0 N–H and O–H groups in total. The van der Waals surface area contributed by atoms with Gasteiger partial charge in [-0.25, -0.2) is 0 Å².